The molecule has 2 fully saturated rings. The zero-order valence-corrected chi connectivity index (χ0v) is 17.2. The number of fused-ring (bicyclic) bond motifs is 4. The van der Waals surface area contributed by atoms with E-state index in [4.69, 9.17) is 11.6 Å². The van der Waals surface area contributed by atoms with Gasteiger partial charge in [0.05, 0.1) is 24.5 Å². The molecule has 2 aromatic carbocycles. The number of nitrogens with one attached hydrogen (secondary N) is 2. The Kier molecular flexibility index (Phi) is 4.44. The highest BCUT2D eigenvalue weighted by atomic mass is 35.5. The molecule has 3 aliphatic heterocycles. The lowest BCUT2D eigenvalue weighted by molar-refractivity contribution is -0.143. The third-order valence-electron chi connectivity index (χ3n) is 6.51. The van der Waals surface area contributed by atoms with Crippen LogP contribution in [0.15, 0.2) is 42.5 Å². The topological polar surface area (TPSA) is 98.7 Å². The summed E-state index contributed by atoms with van der Waals surface area (Å²) in [6.07, 6.45) is -1.03. The first kappa shape index (κ1) is 20.1. The number of hydrogen-bond donors (Lipinski definition) is 3. The number of likely N-dealkylation sites (tertiary alicyclic amines) is 1. The Bertz CT molecular complexity index is 1140. The van der Waals surface area contributed by atoms with Gasteiger partial charge in [0.2, 0.25) is 17.7 Å². The molecule has 0 unspecified atom stereocenters. The Morgan fingerprint density at radius 2 is 1.94 bits per heavy atom. The number of carbonyl (C=O) groups excluding carboxylic acids is 3. The molecule has 3 heterocycles. The monoisotopic (exact) mass is 443 g/mol. The van der Waals surface area contributed by atoms with Crippen LogP contribution in [0.25, 0.3) is 0 Å². The fourth-order valence-electron chi connectivity index (χ4n) is 5.13. The molecule has 0 aromatic heterocycles. The van der Waals surface area contributed by atoms with Crippen LogP contribution in [0.1, 0.15) is 18.1 Å². The molecule has 3 aliphatic rings. The van der Waals surface area contributed by atoms with Crippen LogP contribution in [0.5, 0.6) is 0 Å². The maximum Gasteiger partial charge on any atom is 0.250 e. The predicted molar refractivity (Wildman–Crippen MR) is 109 cm³/mol. The first-order valence-corrected chi connectivity index (χ1v) is 10.3. The Hall–Kier alpha value is -2.81. The lowest BCUT2D eigenvalue weighted by Gasteiger charge is -2.30. The molecular weight excluding hydrogens is 425 g/mol. The highest BCUT2D eigenvalue weighted by Crippen LogP contribution is 2.53. The minimum Gasteiger partial charge on any atom is -0.392 e. The van der Waals surface area contributed by atoms with Gasteiger partial charge in [-0.15, -0.1) is 0 Å². The largest absolute Gasteiger partial charge is 0.392 e. The van der Waals surface area contributed by atoms with Gasteiger partial charge in [-0.1, -0.05) is 29.8 Å². The molecule has 1 spiro atoms. The van der Waals surface area contributed by atoms with Crippen molar-refractivity contribution in [1.29, 1.82) is 0 Å². The predicted octanol–water partition coefficient (Wildman–Crippen LogP) is 1.78. The van der Waals surface area contributed by atoms with Gasteiger partial charge in [0.15, 0.2) is 0 Å². The van der Waals surface area contributed by atoms with E-state index in [9.17, 15) is 23.9 Å². The molecule has 0 aliphatic carbocycles. The smallest absolute Gasteiger partial charge is 0.250 e. The van der Waals surface area contributed by atoms with Crippen LogP contribution in [-0.2, 0) is 26.5 Å². The van der Waals surface area contributed by atoms with Crippen molar-refractivity contribution in [3.63, 3.8) is 0 Å². The molecule has 5 rings (SSSR count). The average Bonchev–Trinajstić information content (AvgIpc) is 3.31. The Morgan fingerprint density at radius 1 is 1.19 bits per heavy atom. The molecule has 7 nitrogen and oxygen atoms in total. The van der Waals surface area contributed by atoms with E-state index in [1.807, 2.05) is 0 Å². The second-order valence-electron chi connectivity index (χ2n) is 8.22. The minimum absolute atomic E-state index is 0.0510. The van der Waals surface area contributed by atoms with E-state index in [1.54, 1.807) is 24.3 Å². The molecule has 2 aromatic rings. The quantitative estimate of drug-likeness (QED) is 0.628. The lowest BCUT2D eigenvalue weighted by Crippen LogP contribution is -2.54. The zero-order chi connectivity index (χ0) is 22.1. The van der Waals surface area contributed by atoms with Crippen molar-refractivity contribution in [3.8, 4) is 0 Å². The summed E-state index contributed by atoms with van der Waals surface area (Å²) >= 11 is 6.22. The summed E-state index contributed by atoms with van der Waals surface area (Å²) in [5.41, 5.74) is -0.431. The number of nitrogens with zero attached hydrogens (tertiary/aromatic N) is 1. The normalized spacial score (nSPS) is 30.0. The Morgan fingerprint density at radius 3 is 2.65 bits per heavy atom. The second-order valence-corrected chi connectivity index (χ2v) is 8.63. The van der Waals surface area contributed by atoms with Gasteiger partial charge >= 0.3 is 0 Å². The molecule has 3 amide bonds. The molecule has 31 heavy (non-hydrogen) atoms. The molecule has 0 saturated carbocycles. The van der Waals surface area contributed by atoms with Gasteiger partial charge in [-0.05, 0) is 36.8 Å². The maximum absolute atomic E-state index is 14.1. The third-order valence-corrected chi connectivity index (χ3v) is 6.88. The van der Waals surface area contributed by atoms with E-state index < -0.39 is 53.1 Å². The van der Waals surface area contributed by atoms with Gasteiger partial charge in [-0.25, -0.2) is 4.39 Å². The summed E-state index contributed by atoms with van der Waals surface area (Å²) in [5, 5.41) is 16.5. The van der Waals surface area contributed by atoms with Crippen molar-refractivity contribution in [3.05, 3.63) is 64.4 Å². The van der Waals surface area contributed by atoms with E-state index in [0.717, 1.165) is 4.90 Å². The van der Waals surface area contributed by atoms with Crippen molar-refractivity contribution < 1.29 is 23.9 Å². The number of benzene rings is 2. The molecule has 3 N–H and O–H groups in total. The number of anilines is 1. The van der Waals surface area contributed by atoms with Crippen molar-refractivity contribution in [2.24, 2.45) is 11.8 Å². The number of rotatable bonds is 3. The maximum atomic E-state index is 14.1. The van der Waals surface area contributed by atoms with Gasteiger partial charge < -0.3 is 10.4 Å². The van der Waals surface area contributed by atoms with E-state index in [-0.39, 0.29) is 12.1 Å². The summed E-state index contributed by atoms with van der Waals surface area (Å²) in [4.78, 5) is 41.2. The van der Waals surface area contributed by atoms with Crippen molar-refractivity contribution >= 4 is 35.0 Å². The number of imide groups is 1. The van der Waals surface area contributed by atoms with Gasteiger partial charge in [-0.2, -0.15) is 0 Å². The van der Waals surface area contributed by atoms with Crippen molar-refractivity contribution in [2.75, 3.05) is 5.32 Å². The van der Waals surface area contributed by atoms with Crippen LogP contribution in [-0.4, -0.2) is 39.9 Å². The summed E-state index contributed by atoms with van der Waals surface area (Å²) in [6, 6.07) is 9.82. The van der Waals surface area contributed by atoms with E-state index in [2.05, 4.69) is 10.6 Å². The van der Waals surface area contributed by atoms with Gasteiger partial charge in [0.25, 0.3) is 0 Å². The highest BCUT2D eigenvalue weighted by molar-refractivity contribution is 6.31. The number of amides is 3. The Labute approximate surface area is 182 Å². The Balaban J connectivity index is 1.63. The van der Waals surface area contributed by atoms with Crippen LogP contribution in [0, 0.1) is 17.7 Å². The fraction of sp³-hybridized carbons (Fsp3) is 0.318. The molecule has 160 valence electrons. The second kappa shape index (κ2) is 6.85. The fourth-order valence-corrected chi connectivity index (χ4v) is 5.33. The molecular formula is C22H19ClFN3O4. The summed E-state index contributed by atoms with van der Waals surface area (Å²) in [5.74, 6) is -4.27. The first-order valence-electron chi connectivity index (χ1n) is 9.91. The number of hydrogen-bond acceptors (Lipinski definition) is 5. The van der Waals surface area contributed by atoms with Crippen LogP contribution in [0.2, 0.25) is 5.02 Å². The molecule has 5 atom stereocenters. The number of carbonyl (C=O) groups is 3. The number of aliphatic hydroxyl groups is 1. The van der Waals surface area contributed by atoms with E-state index >= 15 is 0 Å². The van der Waals surface area contributed by atoms with Gasteiger partial charge in [0.1, 0.15) is 11.4 Å². The van der Waals surface area contributed by atoms with Gasteiger partial charge in [-0.3, -0.25) is 24.6 Å². The van der Waals surface area contributed by atoms with Crippen LogP contribution in [0.4, 0.5) is 10.1 Å². The summed E-state index contributed by atoms with van der Waals surface area (Å²) in [7, 11) is 0. The van der Waals surface area contributed by atoms with E-state index in [0.29, 0.717) is 16.3 Å². The van der Waals surface area contributed by atoms with Crippen LogP contribution in [0.3, 0.4) is 0 Å². The number of halogens is 2. The molecule has 0 radical (unpaired) electrons. The summed E-state index contributed by atoms with van der Waals surface area (Å²) < 4.78 is 14.1. The van der Waals surface area contributed by atoms with Crippen molar-refractivity contribution in [1.82, 2.24) is 10.2 Å². The van der Waals surface area contributed by atoms with Crippen molar-refractivity contribution in [2.45, 2.75) is 31.2 Å². The highest BCUT2D eigenvalue weighted by Gasteiger charge is 2.71. The minimum atomic E-state index is -1.65. The summed E-state index contributed by atoms with van der Waals surface area (Å²) in [6.45, 7) is 1.44. The lowest BCUT2D eigenvalue weighted by atomic mass is 9.76. The first-order chi connectivity index (χ1) is 14.8. The average molecular weight is 444 g/mol. The third kappa shape index (κ3) is 2.68. The van der Waals surface area contributed by atoms with E-state index in [1.165, 1.54) is 25.1 Å². The van der Waals surface area contributed by atoms with Gasteiger partial charge in [0, 0.05) is 22.3 Å². The zero-order valence-electron chi connectivity index (χ0n) is 16.4. The SMILES string of the molecule is C[C@H](O)[C@H]1N[C@@]2(C(=O)Nc3ccc(F)cc32)[C@@H]2C(=O)N(Cc3ccccc3Cl)C(=O)[C@H]12. The molecule has 9 heteroatoms. The molecule has 2 saturated heterocycles. The molecule has 0 bridgehead atoms. The number of aliphatic hydroxyl groups excluding tert-OH is 1. The van der Waals surface area contributed by atoms with Crippen LogP contribution < -0.4 is 10.6 Å². The van der Waals surface area contributed by atoms with Crippen LogP contribution >= 0.6 is 11.6 Å². The standard InChI is InChI=1S/C22H19ClFN3O4/c1-10(28)18-16-17(20(30)27(19(16)29)9-11-4-2-3-5-14(11)23)22(26-18)13-8-12(24)6-7-15(13)25-21(22)31/h2-8,10,16-18,26,28H,9H2,1H3,(H,25,31)/t10-,16-,17-,18+,22+/m0/s1.